The van der Waals surface area contributed by atoms with E-state index in [4.69, 9.17) is 22.2 Å². The van der Waals surface area contributed by atoms with Crippen LogP contribution in [0, 0.1) is 23.0 Å². The summed E-state index contributed by atoms with van der Waals surface area (Å²) in [5.74, 6) is 0.940. The fourth-order valence-corrected chi connectivity index (χ4v) is 2.68. The quantitative estimate of drug-likeness (QED) is 0.640. The van der Waals surface area contributed by atoms with Gasteiger partial charge >= 0.3 is 0 Å². The number of nitriles is 1. The number of carbonyl (C=O) groups is 1. The predicted octanol–water partition coefficient (Wildman–Crippen LogP) is 3.46. The van der Waals surface area contributed by atoms with Crippen molar-refractivity contribution in [3.05, 3.63) is 58.9 Å². The molecule has 7 nitrogen and oxygen atoms in total. The van der Waals surface area contributed by atoms with E-state index in [9.17, 15) is 4.79 Å². The Morgan fingerprint density at radius 3 is 2.63 bits per heavy atom. The fourth-order valence-electron chi connectivity index (χ4n) is 2.48. The molecule has 2 aromatic carbocycles. The third kappa shape index (κ3) is 4.59. The molecule has 3 rings (SSSR count). The maximum atomic E-state index is 12.4. The number of aromatic nitrogens is 3. The zero-order chi connectivity index (χ0) is 19.2. The van der Waals surface area contributed by atoms with Crippen molar-refractivity contribution in [2.24, 2.45) is 0 Å². The van der Waals surface area contributed by atoms with Crippen LogP contribution in [0.5, 0.6) is 5.75 Å². The number of amides is 1. The molecule has 0 radical (unpaired) electrons. The third-order valence-corrected chi connectivity index (χ3v) is 4.12. The van der Waals surface area contributed by atoms with Crippen LogP contribution in [0.25, 0.3) is 11.4 Å². The lowest BCUT2D eigenvalue weighted by Crippen LogP contribution is -2.19. The highest BCUT2D eigenvalue weighted by atomic mass is 32.1. The highest BCUT2D eigenvalue weighted by molar-refractivity contribution is 7.71. The van der Waals surface area contributed by atoms with Crippen LogP contribution in [0.4, 0.5) is 5.69 Å². The number of nitrogens with zero attached hydrogens (tertiary/aromatic N) is 3. The zero-order valence-corrected chi connectivity index (χ0v) is 15.4. The molecule has 0 saturated carbocycles. The number of H-pyrrole nitrogens is 1. The van der Waals surface area contributed by atoms with E-state index in [1.165, 1.54) is 0 Å². The second-order valence-electron chi connectivity index (χ2n) is 5.82. The molecule has 27 heavy (non-hydrogen) atoms. The first-order valence-corrected chi connectivity index (χ1v) is 8.59. The van der Waals surface area contributed by atoms with Gasteiger partial charge < -0.3 is 10.1 Å². The summed E-state index contributed by atoms with van der Waals surface area (Å²) in [6.07, 6.45) is 0. The maximum absolute atomic E-state index is 12.4. The lowest BCUT2D eigenvalue weighted by Gasteiger charge is -2.09. The number of aryl methyl sites for hydroxylation is 1. The summed E-state index contributed by atoms with van der Waals surface area (Å²) in [5, 5.41) is 18.3. The molecule has 0 atom stereocenters. The molecule has 1 heterocycles. The molecule has 0 aliphatic rings. The Bertz CT molecular complexity index is 1030. The average molecular weight is 379 g/mol. The van der Waals surface area contributed by atoms with Crippen molar-refractivity contribution in [3.8, 4) is 23.2 Å². The van der Waals surface area contributed by atoms with Crippen molar-refractivity contribution in [1.82, 2.24) is 14.8 Å². The Hall–Kier alpha value is -3.44. The molecule has 3 aromatic rings. The van der Waals surface area contributed by atoms with Gasteiger partial charge in [0.05, 0.1) is 0 Å². The van der Waals surface area contributed by atoms with Crippen LogP contribution < -0.4 is 10.1 Å². The van der Waals surface area contributed by atoms with Crippen LogP contribution in [-0.2, 0) is 11.3 Å². The predicted molar refractivity (Wildman–Crippen MR) is 104 cm³/mol. The van der Waals surface area contributed by atoms with Gasteiger partial charge in [0.15, 0.2) is 17.2 Å². The Balaban J connectivity index is 1.71. The lowest BCUT2D eigenvalue weighted by atomic mass is 10.1. The highest BCUT2D eigenvalue weighted by Crippen LogP contribution is 2.19. The molecule has 0 aliphatic carbocycles. The largest absolute Gasteiger partial charge is 0.479 e. The van der Waals surface area contributed by atoms with E-state index < -0.39 is 0 Å². The van der Waals surface area contributed by atoms with Gasteiger partial charge in [-0.15, -0.1) is 0 Å². The molecular weight excluding hydrogens is 362 g/mol. The van der Waals surface area contributed by atoms with Crippen molar-refractivity contribution in [2.45, 2.75) is 13.5 Å². The number of benzene rings is 2. The normalized spacial score (nSPS) is 10.2. The van der Waals surface area contributed by atoms with Crippen LogP contribution in [0.15, 0.2) is 48.5 Å². The second kappa shape index (κ2) is 8.29. The van der Waals surface area contributed by atoms with Crippen LogP contribution >= 0.6 is 12.2 Å². The van der Waals surface area contributed by atoms with E-state index in [1.54, 1.807) is 28.8 Å². The zero-order valence-electron chi connectivity index (χ0n) is 14.6. The summed E-state index contributed by atoms with van der Waals surface area (Å²) in [5.41, 5.74) is 2.63. The minimum Gasteiger partial charge on any atom is -0.479 e. The van der Waals surface area contributed by atoms with Crippen molar-refractivity contribution < 1.29 is 9.53 Å². The molecule has 0 saturated heterocycles. The monoisotopic (exact) mass is 379 g/mol. The van der Waals surface area contributed by atoms with Gasteiger partial charge in [0.1, 0.15) is 18.4 Å². The van der Waals surface area contributed by atoms with Gasteiger partial charge in [0.25, 0.3) is 0 Å². The van der Waals surface area contributed by atoms with E-state index in [2.05, 4.69) is 15.5 Å². The average Bonchev–Trinajstić information content (AvgIpc) is 3.02. The molecule has 2 N–H and O–H groups in total. The summed E-state index contributed by atoms with van der Waals surface area (Å²) in [6.45, 7) is 2.02. The van der Waals surface area contributed by atoms with Gasteiger partial charge in [-0.05, 0) is 43.4 Å². The lowest BCUT2D eigenvalue weighted by molar-refractivity contribution is -0.116. The molecule has 0 aliphatic heterocycles. The second-order valence-corrected chi connectivity index (χ2v) is 6.21. The van der Waals surface area contributed by atoms with Gasteiger partial charge in [-0.2, -0.15) is 10.4 Å². The summed E-state index contributed by atoms with van der Waals surface area (Å²) >= 11 is 5.26. The molecule has 1 amide bonds. The molecule has 0 bridgehead atoms. The molecule has 136 valence electrons. The molecular formula is C19H17N5O2S. The summed E-state index contributed by atoms with van der Waals surface area (Å²) in [6, 6.07) is 16.5. The van der Waals surface area contributed by atoms with Crippen LogP contribution in [0.3, 0.4) is 0 Å². The first kappa shape index (κ1) is 18.4. The topological polar surface area (TPSA) is 95.7 Å². The fraction of sp³-hybridized carbons (Fsp3) is 0.158. The molecule has 0 spiro atoms. The third-order valence-electron chi connectivity index (χ3n) is 3.81. The Morgan fingerprint density at radius 1 is 1.26 bits per heavy atom. The van der Waals surface area contributed by atoms with Gasteiger partial charge in [0.2, 0.25) is 5.91 Å². The van der Waals surface area contributed by atoms with Crippen LogP contribution in [0.1, 0.15) is 5.56 Å². The Morgan fingerprint density at radius 2 is 1.96 bits per heavy atom. The van der Waals surface area contributed by atoms with E-state index in [-0.39, 0.29) is 19.1 Å². The van der Waals surface area contributed by atoms with Crippen molar-refractivity contribution in [2.75, 3.05) is 11.9 Å². The number of ether oxygens (including phenoxy) is 1. The number of rotatable bonds is 6. The molecule has 1 aromatic heterocycles. The van der Waals surface area contributed by atoms with Crippen molar-refractivity contribution in [1.29, 1.82) is 5.26 Å². The number of nitrogens with one attached hydrogen (secondary N) is 2. The first-order valence-electron chi connectivity index (χ1n) is 8.19. The van der Waals surface area contributed by atoms with Crippen LogP contribution in [0.2, 0.25) is 0 Å². The standard InChI is InChI=1S/C19H17N5O2S/c1-13-2-4-14(5-3-13)18-22-23-19(27)24(18)12-17(25)21-15-6-8-16(9-7-15)26-11-10-20/h2-9H,11-12H2,1H3,(H,21,25)(H,23,27). The maximum Gasteiger partial charge on any atom is 0.244 e. The number of carbonyl (C=O) groups excluding carboxylic acids is 1. The van der Waals surface area contributed by atoms with Gasteiger partial charge in [-0.3, -0.25) is 14.5 Å². The van der Waals surface area contributed by atoms with Crippen molar-refractivity contribution in [3.63, 3.8) is 0 Å². The van der Waals surface area contributed by atoms with E-state index in [0.717, 1.165) is 11.1 Å². The number of anilines is 1. The first-order chi connectivity index (χ1) is 13.1. The minimum absolute atomic E-state index is 0.0216. The molecule has 0 unspecified atom stereocenters. The van der Waals surface area contributed by atoms with Gasteiger partial charge in [-0.25, -0.2) is 0 Å². The number of hydrogen-bond acceptors (Lipinski definition) is 5. The summed E-state index contributed by atoms with van der Waals surface area (Å²) in [7, 11) is 0. The number of hydrogen-bond donors (Lipinski definition) is 2. The van der Waals surface area contributed by atoms with Crippen molar-refractivity contribution >= 4 is 23.8 Å². The van der Waals surface area contributed by atoms with Crippen LogP contribution in [-0.4, -0.2) is 27.3 Å². The molecule has 8 heteroatoms. The minimum atomic E-state index is -0.230. The van der Waals surface area contributed by atoms with E-state index in [0.29, 0.717) is 22.0 Å². The smallest absolute Gasteiger partial charge is 0.244 e. The van der Waals surface area contributed by atoms with Gasteiger partial charge in [-0.1, -0.05) is 29.8 Å². The SMILES string of the molecule is Cc1ccc(-c2n[nH]c(=S)n2CC(=O)Nc2ccc(OCC#N)cc2)cc1. The Labute approximate surface area is 161 Å². The van der Waals surface area contributed by atoms with E-state index >= 15 is 0 Å². The summed E-state index contributed by atoms with van der Waals surface area (Å²) < 4.78 is 7.21. The van der Waals surface area contributed by atoms with Gasteiger partial charge in [0, 0.05) is 11.3 Å². The summed E-state index contributed by atoms with van der Waals surface area (Å²) in [4.78, 5) is 12.4. The highest BCUT2D eigenvalue weighted by Gasteiger charge is 2.12. The molecule has 0 fully saturated rings. The Kier molecular flexibility index (Phi) is 5.64. The van der Waals surface area contributed by atoms with E-state index in [1.807, 2.05) is 37.3 Å². The number of aromatic amines is 1.